The molecule has 19 heavy (non-hydrogen) atoms. The molecule has 1 fully saturated rings. The lowest BCUT2D eigenvalue weighted by atomic mass is 10.0. The van der Waals surface area contributed by atoms with Gasteiger partial charge in [0, 0.05) is 5.69 Å². The van der Waals surface area contributed by atoms with Gasteiger partial charge in [0.05, 0.1) is 10.8 Å². The fraction of sp³-hybridized carbons (Fsp3) is 0.462. The molecule has 1 saturated carbocycles. The summed E-state index contributed by atoms with van der Waals surface area (Å²) in [5.41, 5.74) is 0.384. The Balaban J connectivity index is 2.15. The van der Waals surface area contributed by atoms with Crippen LogP contribution in [0.15, 0.2) is 24.3 Å². The van der Waals surface area contributed by atoms with Crippen molar-refractivity contribution >= 4 is 21.7 Å². The molecule has 1 aromatic rings. The highest BCUT2D eigenvalue weighted by Crippen LogP contribution is 2.25. The molecule has 104 valence electrons. The lowest BCUT2D eigenvalue weighted by Crippen LogP contribution is -2.29. The normalized spacial score (nSPS) is 17.1. The summed E-state index contributed by atoms with van der Waals surface area (Å²) in [4.78, 5) is 10.8. The van der Waals surface area contributed by atoms with Crippen LogP contribution in [0.25, 0.3) is 0 Å². The zero-order valence-electron chi connectivity index (χ0n) is 10.5. The van der Waals surface area contributed by atoms with Crippen molar-refractivity contribution in [2.75, 3.05) is 4.72 Å². The molecule has 0 radical (unpaired) electrons. The van der Waals surface area contributed by atoms with Gasteiger partial charge in [-0.1, -0.05) is 25.3 Å². The Morgan fingerprint density at radius 3 is 2.53 bits per heavy atom. The second kappa shape index (κ2) is 5.61. The van der Waals surface area contributed by atoms with Crippen molar-refractivity contribution in [1.82, 2.24) is 0 Å². The van der Waals surface area contributed by atoms with Gasteiger partial charge >= 0.3 is 5.97 Å². The second-order valence-electron chi connectivity index (χ2n) is 4.79. The SMILES string of the molecule is O=C(O)c1cccc(NS(=O)(=O)C2CCCCC2)c1. The molecule has 6 heteroatoms. The van der Waals surface area contributed by atoms with Crippen LogP contribution in [0.4, 0.5) is 5.69 Å². The minimum atomic E-state index is -3.42. The molecular weight excluding hydrogens is 266 g/mol. The minimum absolute atomic E-state index is 0.0730. The molecule has 1 aliphatic rings. The van der Waals surface area contributed by atoms with Crippen LogP contribution in [0.5, 0.6) is 0 Å². The standard InChI is InChI=1S/C13H17NO4S/c15-13(16)10-5-4-6-11(9-10)14-19(17,18)12-7-2-1-3-8-12/h4-6,9,12,14H,1-3,7-8H2,(H,15,16). The summed E-state index contributed by atoms with van der Waals surface area (Å²) in [7, 11) is -3.42. The van der Waals surface area contributed by atoms with Crippen LogP contribution in [-0.4, -0.2) is 24.7 Å². The first-order chi connectivity index (χ1) is 8.99. The fourth-order valence-electron chi connectivity index (χ4n) is 2.34. The van der Waals surface area contributed by atoms with E-state index in [2.05, 4.69) is 4.72 Å². The van der Waals surface area contributed by atoms with Crippen molar-refractivity contribution in [3.05, 3.63) is 29.8 Å². The van der Waals surface area contributed by atoms with Crippen molar-refractivity contribution in [3.63, 3.8) is 0 Å². The smallest absolute Gasteiger partial charge is 0.335 e. The topological polar surface area (TPSA) is 83.5 Å². The Labute approximate surface area is 112 Å². The van der Waals surface area contributed by atoms with Crippen molar-refractivity contribution in [1.29, 1.82) is 0 Å². The number of rotatable bonds is 4. The van der Waals surface area contributed by atoms with Gasteiger partial charge in [-0.3, -0.25) is 4.72 Å². The number of aromatic carboxylic acids is 1. The molecule has 0 unspecified atom stereocenters. The Morgan fingerprint density at radius 1 is 1.21 bits per heavy atom. The van der Waals surface area contributed by atoms with E-state index in [-0.39, 0.29) is 10.8 Å². The van der Waals surface area contributed by atoms with Gasteiger partial charge in [-0.2, -0.15) is 0 Å². The van der Waals surface area contributed by atoms with Crippen molar-refractivity contribution in [2.45, 2.75) is 37.4 Å². The Kier molecular flexibility index (Phi) is 4.09. The molecule has 1 aliphatic carbocycles. The van der Waals surface area contributed by atoms with Crippen LogP contribution in [0.3, 0.4) is 0 Å². The highest BCUT2D eigenvalue weighted by molar-refractivity contribution is 7.93. The van der Waals surface area contributed by atoms with Crippen LogP contribution >= 0.6 is 0 Å². The Morgan fingerprint density at radius 2 is 1.89 bits per heavy atom. The molecule has 0 bridgehead atoms. The number of anilines is 1. The maximum atomic E-state index is 12.2. The van der Waals surface area contributed by atoms with Gasteiger partial charge in [0.2, 0.25) is 10.0 Å². The first-order valence-corrected chi connectivity index (χ1v) is 7.89. The Bertz CT molecular complexity index is 562. The number of nitrogens with one attached hydrogen (secondary N) is 1. The molecule has 0 saturated heterocycles. The fourth-order valence-corrected chi connectivity index (χ4v) is 3.91. The largest absolute Gasteiger partial charge is 0.478 e. The van der Waals surface area contributed by atoms with Crippen LogP contribution in [0, 0.1) is 0 Å². The van der Waals surface area contributed by atoms with Gasteiger partial charge in [-0.15, -0.1) is 0 Å². The summed E-state index contributed by atoms with van der Waals surface area (Å²) in [6.07, 6.45) is 4.30. The monoisotopic (exact) mass is 283 g/mol. The highest BCUT2D eigenvalue weighted by Gasteiger charge is 2.27. The zero-order valence-corrected chi connectivity index (χ0v) is 11.3. The molecule has 0 aliphatic heterocycles. The van der Waals surface area contributed by atoms with E-state index in [1.807, 2.05) is 0 Å². The average molecular weight is 283 g/mol. The predicted octanol–water partition coefficient (Wildman–Crippen LogP) is 2.46. The van der Waals surface area contributed by atoms with E-state index in [4.69, 9.17) is 5.11 Å². The zero-order chi connectivity index (χ0) is 13.9. The molecule has 0 atom stereocenters. The van der Waals surface area contributed by atoms with Gasteiger partial charge in [0.1, 0.15) is 0 Å². The lowest BCUT2D eigenvalue weighted by molar-refractivity contribution is 0.0697. The number of benzene rings is 1. The van der Waals surface area contributed by atoms with E-state index >= 15 is 0 Å². The molecule has 2 N–H and O–H groups in total. The molecular formula is C13H17NO4S. The molecule has 0 amide bonds. The summed E-state index contributed by atoms with van der Waals surface area (Å²) in [6.45, 7) is 0. The molecule has 5 nitrogen and oxygen atoms in total. The third-order valence-electron chi connectivity index (χ3n) is 3.36. The first-order valence-electron chi connectivity index (χ1n) is 6.34. The van der Waals surface area contributed by atoms with Crippen LogP contribution in [0.2, 0.25) is 0 Å². The van der Waals surface area contributed by atoms with E-state index in [1.165, 1.54) is 18.2 Å². The van der Waals surface area contributed by atoms with Crippen molar-refractivity contribution < 1.29 is 18.3 Å². The quantitative estimate of drug-likeness (QED) is 0.889. The van der Waals surface area contributed by atoms with Gasteiger partial charge in [0.25, 0.3) is 0 Å². The predicted molar refractivity (Wildman–Crippen MR) is 72.8 cm³/mol. The lowest BCUT2D eigenvalue weighted by Gasteiger charge is -2.22. The number of hydrogen-bond acceptors (Lipinski definition) is 3. The number of carboxylic acids is 1. The van der Waals surface area contributed by atoms with Crippen LogP contribution in [-0.2, 0) is 10.0 Å². The first kappa shape index (κ1) is 13.9. The summed E-state index contributed by atoms with van der Waals surface area (Å²) in [6, 6.07) is 5.86. The van der Waals surface area contributed by atoms with Gasteiger partial charge in [-0.25, -0.2) is 13.2 Å². The summed E-state index contributed by atoms with van der Waals surface area (Å²) in [5, 5.41) is 8.51. The van der Waals surface area contributed by atoms with E-state index in [0.29, 0.717) is 18.5 Å². The van der Waals surface area contributed by atoms with Crippen LogP contribution in [0.1, 0.15) is 42.5 Å². The molecule has 2 rings (SSSR count). The minimum Gasteiger partial charge on any atom is -0.478 e. The number of hydrogen-bond donors (Lipinski definition) is 2. The van der Waals surface area contributed by atoms with Gasteiger partial charge < -0.3 is 5.11 Å². The molecule has 0 heterocycles. The number of carboxylic acid groups (broad SMARTS) is 1. The average Bonchev–Trinajstić information content (AvgIpc) is 2.39. The van der Waals surface area contributed by atoms with E-state index in [0.717, 1.165) is 19.3 Å². The van der Waals surface area contributed by atoms with Crippen molar-refractivity contribution in [2.24, 2.45) is 0 Å². The molecule has 1 aromatic carbocycles. The van der Waals surface area contributed by atoms with Crippen molar-refractivity contribution in [3.8, 4) is 0 Å². The van der Waals surface area contributed by atoms with E-state index in [1.54, 1.807) is 6.07 Å². The number of carbonyl (C=O) groups is 1. The highest BCUT2D eigenvalue weighted by atomic mass is 32.2. The van der Waals surface area contributed by atoms with Gasteiger partial charge in [-0.05, 0) is 31.0 Å². The van der Waals surface area contributed by atoms with E-state index in [9.17, 15) is 13.2 Å². The maximum Gasteiger partial charge on any atom is 0.335 e. The van der Waals surface area contributed by atoms with E-state index < -0.39 is 16.0 Å². The molecule has 0 spiro atoms. The third kappa shape index (κ3) is 3.47. The summed E-state index contributed by atoms with van der Waals surface area (Å²) >= 11 is 0. The second-order valence-corrected chi connectivity index (χ2v) is 6.75. The third-order valence-corrected chi connectivity index (χ3v) is 5.23. The van der Waals surface area contributed by atoms with Gasteiger partial charge in [0.15, 0.2) is 0 Å². The summed E-state index contributed by atoms with van der Waals surface area (Å²) in [5.74, 6) is -1.07. The Hall–Kier alpha value is -1.56. The summed E-state index contributed by atoms with van der Waals surface area (Å²) < 4.78 is 26.8. The maximum absolute atomic E-state index is 12.2. The number of sulfonamides is 1. The molecule has 0 aromatic heterocycles. The van der Waals surface area contributed by atoms with Crippen LogP contribution < -0.4 is 4.72 Å².